The minimum atomic E-state index is -1.34. The zero-order chi connectivity index (χ0) is 18.5. The Balaban J connectivity index is 1.61. The number of hydrogen-bond donors (Lipinski definition) is 2. The summed E-state index contributed by atoms with van der Waals surface area (Å²) in [5.41, 5.74) is 0.901. The van der Waals surface area contributed by atoms with Crippen LogP contribution >= 0.6 is 0 Å². The minimum absolute atomic E-state index is 0.00848. The SMILES string of the molecule is N#CC(C(=O)NC1CCCCC1)C(=O)c1ccc(NC(=O)C2CC2)cc1. The normalized spacial score (nSPS) is 18.4. The molecule has 0 saturated heterocycles. The number of carbonyl (C=O) groups excluding carboxylic acids is 3. The molecule has 1 aromatic carbocycles. The summed E-state index contributed by atoms with van der Waals surface area (Å²) in [6.45, 7) is 0. The highest BCUT2D eigenvalue weighted by atomic mass is 16.2. The first kappa shape index (κ1) is 18.1. The van der Waals surface area contributed by atoms with Crippen LogP contribution in [0.25, 0.3) is 0 Å². The van der Waals surface area contributed by atoms with E-state index in [2.05, 4.69) is 10.6 Å². The van der Waals surface area contributed by atoms with Crippen LogP contribution in [0.1, 0.15) is 55.3 Å². The quantitative estimate of drug-likeness (QED) is 0.607. The van der Waals surface area contributed by atoms with Gasteiger partial charge < -0.3 is 10.6 Å². The number of rotatable bonds is 6. The molecule has 1 atom stereocenters. The van der Waals surface area contributed by atoms with Crippen molar-refractivity contribution in [2.24, 2.45) is 11.8 Å². The third-order valence-electron chi connectivity index (χ3n) is 4.99. The Morgan fingerprint density at radius 2 is 1.65 bits per heavy atom. The van der Waals surface area contributed by atoms with E-state index in [-0.39, 0.29) is 17.9 Å². The van der Waals surface area contributed by atoms with Gasteiger partial charge in [-0.05, 0) is 49.9 Å². The van der Waals surface area contributed by atoms with Crippen molar-refractivity contribution >= 4 is 23.3 Å². The Morgan fingerprint density at radius 3 is 2.23 bits per heavy atom. The number of carbonyl (C=O) groups is 3. The van der Waals surface area contributed by atoms with Gasteiger partial charge in [0.15, 0.2) is 11.7 Å². The van der Waals surface area contributed by atoms with Crippen LogP contribution in [0.3, 0.4) is 0 Å². The van der Waals surface area contributed by atoms with Crippen LogP contribution in [-0.4, -0.2) is 23.6 Å². The van der Waals surface area contributed by atoms with Crippen molar-refractivity contribution in [3.8, 4) is 6.07 Å². The zero-order valence-electron chi connectivity index (χ0n) is 14.7. The molecule has 2 amide bonds. The Labute approximate surface area is 153 Å². The number of nitrogens with one attached hydrogen (secondary N) is 2. The van der Waals surface area contributed by atoms with Gasteiger partial charge in [0, 0.05) is 23.2 Å². The van der Waals surface area contributed by atoms with Crippen molar-refractivity contribution in [3.63, 3.8) is 0 Å². The Morgan fingerprint density at radius 1 is 1.00 bits per heavy atom. The van der Waals surface area contributed by atoms with E-state index in [0.29, 0.717) is 11.3 Å². The maximum absolute atomic E-state index is 12.5. The fraction of sp³-hybridized carbons (Fsp3) is 0.500. The highest BCUT2D eigenvalue weighted by Crippen LogP contribution is 2.30. The maximum Gasteiger partial charge on any atom is 0.245 e. The molecule has 0 radical (unpaired) electrons. The summed E-state index contributed by atoms with van der Waals surface area (Å²) in [6.07, 6.45) is 6.91. The molecule has 0 spiro atoms. The summed E-state index contributed by atoms with van der Waals surface area (Å²) in [6, 6.07) is 8.23. The molecule has 0 heterocycles. The maximum atomic E-state index is 12.5. The van der Waals surface area contributed by atoms with Crippen molar-refractivity contribution in [3.05, 3.63) is 29.8 Å². The number of anilines is 1. The number of nitriles is 1. The van der Waals surface area contributed by atoms with Gasteiger partial charge in [0.2, 0.25) is 11.8 Å². The van der Waals surface area contributed by atoms with E-state index in [1.165, 1.54) is 0 Å². The van der Waals surface area contributed by atoms with Crippen LogP contribution in [0.4, 0.5) is 5.69 Å². The molecule has 2 saturated carbocycles. The van der Waals surface area contributed by atoms with Gasteiger partial charge in [-0.3, -0.25) is 14.4 Å². The number of amides is 2. The lowest BCUT2D eigenvalue weighted by Gasteiger charge is -2.23. The summed E-state index contributed by atoms with van der Waals surface area (Å²) in [7, 11) is 0. The smallest absolute Gasteiger partial charge is 0.245 e. The van der Waals surface area contributed by atoms with Gasteiger partial charge in [0.25, 0.3) is 0 Å². The lowest BCUT2D eigenvalue weighted by Crippen LogP contribution is -2.42. The molecule has 136 valence electrons. The van der Waals surface area contributed by atoms with Crippen LogP contribution < -0.4 is 10.6 Å². The molecule has 3 rings (SSSR count). The average Bonchev–Trinajstić information content (AvgIpc) is 3.49. The standard InChI is InChI=1S/C20H23N3O3/c21-12-17(20(26)23-15-4-2-1-3-5-15)18(24)13-8-10-16(11-9-13)22-19(25)14-6-7-14/h8-11,14-15,17H,1-7H2,(H,22,25)(H,23,26). The fourth-order valence-electron chi connectivity index (χ4n) is 3.24. The molecular formula is C20H23N3O3. The molecule has 0 aromatic heterocycles. The van der Waals surface area contributed by atoms with Crippen LogP contribution in [0.15, 0.2) is 24.3 Å². The molecule has 2 fully saturated rings. The highest BCUT2D eigenvalue weighted by molar-refractivity contribution is 6.12. The third-order valence-corrected chi connectivity index (χ3v) is 4.99. The Hall–Kier alpha value is -2.68. The van der Waals surface area contributed by atoms with E-state index in [0.717, 1.165) is 44.9 Å². The van der Waals surface area contributed by atoms with Gasteiger partial charge in [-0.1, -0.05) is 19.3 Å². The van der Waals surface area contributed by atoms with Crippen molar-refractivity contribution in [2.75, 3.05) is 5.32 Å². The molecule has 0 aliphatic heterocycles. The zero-order valence-corrected chi connectivity index (χ0v) is 14.7. The van der Waals surface area contributed by atoms with Crippen LogP contribution in [-0.2, 0) is 9.59 Å². The van der Waals surface area contributed by atoms with Crippen LogP contribution in [0, 0.1) is 23.2 Å². The van der Waals surface area contributed by atoms with Gasteiger partial charge in [-0.15, -0.1) is 0 Å². The Bertz CT molecular complexity index is 726. The number of Topliss-reactive ketones (excluding diaryl/α,β-unsaturated/α-hetero) is 1. The summed E-state index contributed by atoms with van der Waals surface area (Å²) < 4.78 is 0. The fourth-order valence-corrected chi connectivity index (χ4v) is 3.24. The summed E-state index contributed by atoms with van der Waals surface area (Å²) >= 11 is 0. The molecule has 1 aromatic rings. The van der Waals surface area contributed by atoms with Gasteiger partial charge in [-0.2, -0.15) is 5.26 Å². The van der Waals surface area contributed by atoms with E-state index in [9.17, 15) is 19.6 Å². The monoisotopic (exact) mass is 353 g/mol. The molecule has 2 aliphatic carbocycles. The number of benzene rings is 1. The minimum Gasteiger partial charge on any atom is -0.352 e. The van der Waals surface area contributed by atoms with Crippen molar-refractivity contribution in [2.45, 2.75) is 51.0 Å². The van der Waals surface area contributed by atoms with E-state index in [1.54, 1.807) is 24.3 Å². The first-order valence-electron chi connectivity index (χ1n) is 9.23. The third kappa shape index (κ3) is 4.48. The van der Waals surface area contributed by atoms with Gasteiger partial charge in [0.1, 0.15) is 0 Å². The largest absolute Gasteiger partial charge is 0.352 e. The highest BCUT2D eigenvalue weighted by Gasteiger charge is 2.31. The second-order valence-electron chi connectivity index (χ2n) is 7.11. The van der Waals surface area contributed by atoms with Gasteiger partial charge in [-0.25, -0.2) is 0 Å². The lowest BCUT2D eigenvalue weighted by molar-refractivity contribution is -0.123. The molecule has 26 heavy (non-hydrogen) atoms. The molecule has 6 nitrogen and oxygen atoms in total. The van der Waals surface area contributed by atoms with Gasteiger partial charge in [0.05, 0.1) is 6.07 Å². The van der Waals surface area contributed by atoms with Crippen molar-refractivity contribution < 1.29 is 14.4 Å². The topological polar surface area (TPSA) is 99.1 Å². The molecule has 6 heteroatoms. The first-order chi connectivity index (χ1) is 12.6. The van der Waals surface area contributed by atoms with E-state index in [1.807, 2.05) is 6.07 Å². The molecule has 1 unspecified atom stereocenters. The molecule has 0 bridgehead atoms. The average molecular weight is 353 g/mol. The summed E-state index contributed by atoms with van der Waals surface area (Å²) in [5, 5.41) is 14.9. The van der Waals surface area contributed by atoms with Crippen molar-refractivity contribution in [1.82, 2.24) is 5.32 Å². The number of nitrogens with zero attached hydrogens (tertiary/aromatic N) is 1. The Kier molecular flexibility index (Phi) is 5.67. The second-order valence-corrected chi connectivity index (χ2v) is 7.11. The second kappa shape index (κ2) is 8.13. The first-order valence-corrected chi connectivity index (χ1v) is 9.23. The lowest BCUT2D eigenvalue weighted by atomic mass is 9.93. The summed E-state index contributed by atoms with van der Waals surface area (Å²) in [4.78, 5) is 36.6. The molecular weight excluding hydrogens is 330 g/mol. The predicted octanol–water partition coefficient (Wildman–Crippen LogP) is 2.81. The van der Waals surface area contributed by atoms with Crippen molar-refractivity contribution in [1.29, 1.82) is 5.26 Å². The number of hydrogen-bond acceptors (Lipinski definition) is 4. The molecule has 2 aliphatic rings. The summed E-state index contributed by atoms with van der Waals surface area (Å²) in [5.74, 6) is -2.28. The predicted molar refractivity (Wildman–Crippen MR) is 96.2 cm³/mol. The van der Waals surface area contributed by atoms with Crippen LogP contribution in [0.2, 0.25) is 0 Å². The van der Waals surface area contributed by atoms with E-state index in [4.69, 9.17) is 0 Å². The van der Waals surface area contributed by atoms with Crippen LogP contribution in [0.5, 0.6) is 0 Å². The van der Waals surface area contributed by atoms with Gasteiger partial charge >= 0.3 is 0 Å². The van der Waals surface area contributed by atoms with E-state index < -0.39 is 17.6 Å². The number of ketones is 1. The van der Waals surface area contributed by atoms with E-state index >= 15 is 0 Å². The molecule has 2 N–H and O–H groups in total.